The van der Waals surface area contributed by atoms with Crippen LogP contribution in [0.5, 0.6) is 0 Å². The molecule has 2 heterocycles. The van der Waals surface area contributed by atoms with E-state index in [2.05, 4.69) is 20.8 Å². The van der Waals surface area contributed by atoms with Crippen molar-refractivity contribution in [2.45, 2.75) is 31.4 Å². The zero-order chi connectivity index (χ0) is 19.5. The number of aromatic nitrogens is 2. The maximum atomic E-state index is 12.6. The lowest BCUT2D eigenvalue weighted by atomic mass is 9.95. The van der Waals surface area contributed by atoms with Crippen LogP contribution in [0.1, 0.15) is 30.9 Å². The maximum absolute atomic E-state index is 12.6. The van der Waals surface area contributed by atoms with E-state index in [1.807, 2.05) is 12.1 Å². The Morgan fingerprint density at radius 2 is 2.00 bits per heavy atom. The van der Waals surface area contributed by atoms with Gasteiger partial charge < -0.3 is 10.1 Å². The molecule has 1 aliphatic rings. The van der Waals surface area contributed by atoms with Gasteiger partial charge in [0.15, 0.2) is 0 Å². The SMILES string of the molecule is O=C(Nc1ccc2[nH]ncc2c1)O[C@H](c1cc(Cl)cc(Cl)c1)[C@H]1CCCCN1. The van der Waals surface area contributed by atoms with Gasteiger partial charge in [-0.25, -0.2) is 4.79 Å². The summed E-state index contributed by atoms with van der Waals surface area (Å²) in [5.41, 5.74) is 2.31. The van der Waals surface area contributed by atoms with E-state index in [4.69, 9.17) is 27.9 Å². The number of carbonyl (C=O) groups excluding carboxylic acids is 1. The molecule has 0 bridgehead atoms. The van der Waals surface area contributed by atoms with Crippen molar-refractivity contribution in [1.82, 2.24) is 15.5 Å². The summed E-state index contributed by atoms with van der Waals surface area (Å²) in [6.07, 6.45) is 3.77. The smallest absolute Gasteiger partial charge is 0.412 e. The molecule has 4 rings (SSSR count). The van der Waals surface area contributed by atoms with Crippen LogP contribution in [0.15, 0.2) is 42.6 Å². The third-order valence-corrected chi connectivity index (χ3v) is 5.28. The van der Waals surface area contributed by atoms with Gasteiger partial charge in [0.25, 0.3) is 0 Å². The number of piperidine rings is 1. The molecule has 2 aromatic carbocycles. The number of anilines is 1. The van der Waals surface area contributed by atoms with Crippen LogP contribution in [0.2, 0.25) is 10.0 Å². The van der Waals surface area contributed by atoms with Gasteiger partial charge in [0.1, 0.15) is 6.10 Å². The molecule has 0 radical (unpaired) electrons. The Hall–Kier alpha value is -2.28. The van der Waals surface area contributed by atoms with Gasteiger partial charge in [0.2, 0.25) is 0 Å². The molecule has 3 aromatic rings. The number of rotatable bonds is 4. The van der Waals surface area contributed by atoms with Crippen molar-refractivity contribution >= 4 is 45.9 Å². The van der Waals surface area contributed by atoms with E-state index >= 15 is 0 Å². The van der Waals surface area contributed by atoms with Crippen LogP contribution in [0.3, 0.4) is 0 Å². The van der Waals surface area contributed by atoms with E-state index in [-0.39, 0.29) is 6.04 Å². The maximum Gasteiger partial charge on any atom is 0.412 e. The minimum atomic E-state index is -0.531. The first-order valence-electron chi connectivity index (χ1n) is 9.18. The topological polar surface area (TPSA) is 79.0 Å². The van der Waals surface area contributed by atoms with Crippen LogP contribution in [0.25, 0.3) is 10.9 Å². The van der Waals surface area contributed by atoms with Crippen molar-refractivity contribution in [1.29, 1.82) is 0 Å². The zero-order valence-electron chi connectivity index (χ0n) is 15.0. The van der Waals surface area contributed by atoms with Gasteiger partial charge in [-0.3, -0.25) is 10.4 Å². The summed E-state index contributed by atoms with van der Waals surface area (Å²) >= 11 is 12.3. The average Bonchev–Trinajstić information content (AvgIpc) is 3.14. The number of H-pyrrole nitrogens is 1. The summed E-state index contributed by atoms with van der Waals surface area (Å²) in [5.74, 6) is 0. The molecule has 1 aliphatic heterocycles. The molecule has 1 amide bonds. The van der Waals surface area contributed by atoms with E-state index in [0.717, 1.165) is 42.3 Å². The predicted molar refractivity (Wildman–Crippen MR) is 111 cm³/mol. The molecule has 2 atom stereocenters. The Kier molecular flexibility index (Phi) is 5.71. The summed E-state index contributed by atoms with van der Waals surface area (Å²) in [6.45, 7) is 0.887. The number of carbonyl (C=O) groups is 1. The molecule has 3 N–H and O–H groups in total. The Bertz CT molecular complexity index is 965. The van der Waals surface area contributed by atoms with E-state index in [9.17, 15) is 4.79 Å². The van der Waals surface area contributed by atoms with Crippen molar-refractivity contribution in [2.75, 3.05) is 11.9 Å². The Labute approximate surface area is 172 Å². The molecular weight excluding hydrogens is 399 g/mol. The van der Waals surface area contributed by atoms with Gasteiger partial charge in [-0.2, -0.15) is 5.10 Å². The van der Waals surface area contributed by atoms with Crippen molar-refractivity contribution in [3.8, 4) is 0 Å². The summed E-state index contributed by atoms with van der Waals surface area (Å²) < 4.78 is 5.83. The molecule has 0 aliphatic carbocycles. The summed E-state index contributed by atoms with van der Waals surface area (Å²) in [6, 6.07) is 10.7. The molecule has 0 spiro atoms. The lowest BCUT2D eigenvalue weighted by Crippen LogP contribution is -2.41. The zero-order valence-corrected chi connectivity index (χ0v) is 16.6. The summed E-state index contributed by atoms with van der Waals surface area (Å²) in [5, 5.41) is 15.0. The average molecular weight is 419 g/mol. The lowest BCUT2D eigenvalue weighted by Gasteiger charge is -2.31. The summed E-state index contributed by atoms with van der Waals surface area (Å²) in [4.78, 5) is 12.6. The second-order valence-electron chi connectivity index (χ2n) is 6.88. The number of ether oxygens (including phenoxy) is 1. The number of aromatic amines is 1. The first-order valence-corrected chi connectivity index (χ1v) is 9.94. The van der Waals surface area contributed by atoms with Crippen molar-refractivity contribution < 1.29 is 9.53 Å². The number of hydrogen-bond donors (Lipinski definition) is 3. The van der Waals surface area contributed by atoms with Gasteiger partial charge in [-0.1, -0.05) is 29.6 Å². The third kappa shape index (κ3) is 4.41. The fourth-order valence-electron chi connectivity index (χ4n) is 3.54. The van der Waals surface area contributed by atoms with Crippen LogP contribution in [0, 0.1) is 0 Å². The molecule has 28 heavy (non-hydrogen) atoms. The van der Waals surface area contributed by atoms with E-state index in [0.29, 0.717) is 15.7 Å². The number of halogens is 2. The molecule has 0 unspecified atom stereocenters. The van der Waals surface area contributed by atoms with Gasteiger partial charge in [0, 0.05) is 27.2 Å². The largest absolute Gasteiger partial charge is 0.439 e. The standard InChI is InChI=1S/C20H20Cl2N4O2/c21-14-7-12(8-15(22)10-14)19(18-3-1-2-6-23-18)28-20(27)25-16-4-5-17-13(9-16)11-24-26-17/h4-5,7-11,18-19,23H,1-3,6H2,(H,24,26)(H,25,27)/t18-,19-/m1/s1. The van der Waals surface area contributed by atoms with Crippen LogP contribution < -0.4 is 10.6 Å². The highest BCUT2D eigenvalue weighted by Gasteiger charge is 2.29. The number of fused-ring (bicyclic) bond motifs is 1. The normalized spacial score (nSPS) is 18.0. The second kappa shape index (κ2) is 8.39. The third-order valence-electron chi connectivity index (χ3n) is 4.85. The number of benzene rings is 2. The van der Waals surface area contributed by atoms with Crippen LogP contribution in [0.4, 0.5) is 10.5 Å². The highest BCUT2D eigenvalue weighted by molar-refractivity contribution is 6.34. The minimum Gasteiger partial charge on any atom is -0.439 e. The molecule has 1 fully saturated rings. The van der Waals surface area contributed by atoms with Gasteiger partial charge in [-0.15, -0.1) is 0 Å². The molecule has 1 saturated heterocycles. The fraction of sp³-hybridized carbons (Fsp3) is 0.300. The lowest BCUT2D eigenvalue weighted by molar-refractivity contribution is 0.0763. The van der Waals surface area contributed by atoms with Crippen molar-refractivity contribution in [3.05, 3.63) is 58.2 Å². The highest BCUT2D eigenvalue weighted by atomic mass is 35.5. The first kappa shape index (κ1) is 19.1. The van der Waals surface area contributed by atoms with E-state index < -0.39 is 12.2 Å². The fourth-order valence-corrected chi connectivity index (χ4v) is 4.09. The summed E-state index contributed by atoms with van der Waals surface area (Å²) in [7, 11) is 0. The van der Waals surface area contributed by atoms with Crippen LogP contribution in [-0.4, -0.2) is 28.9 Å². The quantitative estimate of drug-likeness (QED) is 0.536. The Balaban J connectivity index is 1.54. The molecule has 0 saturated carbocycles. The molecule has 146 valence electrons. The molecule has 1 aromatic heterocycles. The van der Waals surface area contributed by atoms with Crippen molar-refractivity contribution in [3.63, 3.8) is 0 Å². The first-order chi connectivity index (χ1) is 13.6. The molecule has 6 nitrogen and oxygen atoms in total. The van der Waals surface area contributed by atoms with E-state index in [1.165, 1.54) is 0 Å². The highest BCUT2D eigenvalue weighted by Crippen LogP contribution is 2.31. The molecule has 8 heteroatoms. The Morgan fingerprint density at radius 3 is 2.75 bits per heavy atom. The minimum absolute atomic E-state index is 0.00499. The van der Waals surface area contributed by atoms with Gasteiger partial charge >= 0.3 is 6.09 Å². The number of amides is 1. The predicted octanol–water partition coefficient (Wildman–Crippen LogP) is 5.30. The second-order valence-corrected chi connectivity index (χ2v) is 7.75. The number of nitrogens with zero attached hydrogens (tertiary/aromatic N) is 1. The van der Waals surface area contributed by atoms with Gasteiger partial charge in [0.05, 0.1) is 11.7 Å². The van der Waals surface area contributed by atoms with Crippen LogP contribution >= 0.6 is 23.2 Å². The molecular formula is C20H20Cl2N4O2. The van der Waals surface area contributed by atoms with Crippen LogP contribution in [-0.2, 0) is 4.74 Å². The van der Waals surface area contributed by atoms with E-state index in [1.54, 1.807) is 30.5 Å². The Morgan fingerprint density at radius 1 is 1.18 bits per heavy atom. The van der Waals surface area contributed by atoms with Gasteiger partial charge in [-0.05, 0) is 61.3 Å². The number of hydrogen-bond acceptors (Lipinski definition) is 4. The van der Waals surface area contributed by atoms with Crippen molar-refractivity contribution in [2.24, 2.45) is 0 Å². The monoisotopic (exact) mass is 418 g/mol. The number of nitrogens with one attached hydrogen (secondary N) is 3.